The van der Waals surface area contributed by atoms with Crippen LogP contribution in [0.2, 0.25) is 0 Å². The summed E-state index contributed by atoms with van der Waals surface area (Å²) in [6, 6.07) is 3.73. The van der Waals surface area contributed by atoms with Crippen LogP contribution in [-0.2, 0) is 11.3 Å². The summed E-state index contributed by atoms with van der Waals surface area (Å²) in [6.45, 7) is 3.91. The van der Waals surface area contributed by atoms with E-state index in [2.05, 4.69) is 15.3 Å². The van der Waals surface area contributed by atoms with E-state index >= 15 is 0 Å². The lowest BCUT2D eigenvalue weighted by molar-refractivity contribution is 0.0779. The third-order valence-electron chi connectivity index (χ3n) is 3.64. The molecule has 22 heavy (non-hydrogen) atoms. The Morgan fingerprint density at radius 1 is 1.55 bits per heavy atom. The number of aromatic nitrogens is 2. The minimum atomic E-state index is -0.0562. The predicted molar refractivity (Wildman–Crippen MR) is 85.1 cm³/mol. The maximum absolute atomic E-state index is 12.1. The number of amides is 1. The first-order valence-corrected chi connectivity index (χ1v) is 8.33. The number of carbonyl (C=O) groups is 1. The predicted octanol–water partition coefficient (Wildman–Crippen LogP) is 2.67. The van der Waals surface area contributed by atoms with E-state index in [0.717, 1.165) is 41.4 Å². The topological polar surface area (TPSA) is 64.1 Å². The molecule has 0 aromatic carbocycles. The fourth-order valence-electron chi connectivity index (χ4n) is 2.46. The zero-order chi connectivity index (χ0) is 15.4. The van der Waals surface area contributed by atoms with Crippen LogP contribution in [0.5, 0.6) is 0 Å². The van der Waals surface area contributed by atoms with E-state index in [9.17, 15) is 4.79 Å². The fraction of sp³-hybridized carbons (Fsp3) is 0.438. The van der Waals surface area contributed by atoms with Crippen LogP contribution < -0.4 is 5.32 Å². The smallest absolute Gasteiger partial charge is 0.261 e. The Bertz CT molecular complexity index is 650. The summed E-state index contributed by atoms with van der Waals surface area (Å²) in [5.41, 5.74) is 1.94. The van der Waals surface area contributed by atoms with Crippen molar-refractivity contribution in [2.24, 2.45) is 0 Å². The molecule has 0 bridgehead atoms. The molecule has 5 nitrogen and oxygen atoms in total. The van der Waals surface area contributed by atoms with Crippen LogP contribution in [-0.4, -0.2) is 29.1 Å². The molecule has 2 aromatic heterocycles. The second-order valence-corrected chi connectivity index (χ2v) is 6.40. The number of aryl methyl sites for hydroxylation is 1. The molecule has 1 N–H and O–H groups in total. The van der Waals surface area contributed by atoms with E-state index in [1.54, 1.807) is 6.20 Å². The van der Waals surface area contributed by atoms with Crippen LogP contribution >= 0.6 is 11.3 Å². The molecule has 0 aliphatic carbocycles. The molecule has 0 radical (unpaired) electrons. The SMILES string of the molecule is Cc1csc(C(=O)NCc2ccnc(C3CCCOC3)n2)c1. The van der Waals surface area contributed by atoms with Gasteiger partial charge in [-0.1, -0.05) is 0 Å². The molecule has 1 saturated heterocycles. The normalized spacial score (nSPS) is 18.1. The van der Waals surface area contributed by atoms with Gasteiger partial charge in [-0.3, -0.25) is 4.79 Å². The second-order valence-electron chi connectivity index (χ2n) is 5.49. The summed E-state index contributed by atoms with van der Waals surface area (Å²) >= 11 is 1.46. The van der Waals surface area contributed by atoms with Crippen molar-refractivity contribution in [1.82, 2.24) is 15.3 Å². The number of carbonyl (C=O) groups excluding carboxylic acids is 1. The highest BCUT2D eigenvalue weighted by molar-refractivity contribution is 7.12. The molecule has 1 amide bonds. The molecular weight excluding hydrogens is 298 g/mol. The van der Waals surface area contributed by atoms with Crippen molar-refractivity contribution in [1.29, 1.82) is 0 Å². The molecule has 1 fully saturated rings. The van der Waals surface area contributed by atoms with E-state index in [4.69, 9.17) is 4.74 Å². The van der Waals surface area contributed by atoms with Crippen LogP contribution in [0.1, 0.15) is 45.5 Å². The third kappa shape index (κ3) is 3.69. The van der Waals surface area contributed by atoms with E-state index in [-0.39, 0.29) is 11.8 Å². The number of rotatable bonds is 4. The fourth-order valence-corrected chi connectivity index (χ4v) is 3.27. The first-order valence-electron chi connectivity index (χ1n) is 7.45. The first-order chi connectivity index (χ1) is 10.7. The second kappa shape index (κ2) is 6.98. The van der Waals surface area contributed by atoms with Crippen LogP contribution in [0.3, 0.4) is 0 Å². The van der Waals surface area contributed by atoms with E-state index in [0.29, 0.717) is 13.2 Å². The summed E-state index contributed by atoms with van der Waals surface area (Å²) in [5.74, 6) is 1.03. The molecule has 3 rings (SSSR count). The maximum atomic E-state index is 12.1. The quantitative estimate of drug-likeness (QED) is 0.941. The molecule has 116 valence electrons. The van der Waals surface area contributed by atoms with Gasteiger partial charge >= 0.3 is 0 Å². The monoisotopic (exact) mass is 317 g/mol. The van der Waals surface area contributed by atoms with Crippen LogP contribution in [0.4, 0.5) is 0 Å². The molecule has 1 unspecified atom stereocenters. The summed E-state index contributed by atoms with van der Waals surface area (Å²) in [7, 11) is 0. The van der Waals surface area contributed by atoms with Gasteiger partial charge in [0.15, 0.2) is 0 Å². The van der Waals surface area contributed by atoms with Gasteiger partial charge < -0.3 is 10.1 Å². The van der Waals surface area contributed by atoms with Gasteiger partial charge in [0.25, 0.3) is 5.91 Å². The standard InChI is InChI=1S/C16H19N3O2S/c1-11-7-14(22-10-11)16(20)18-8-13-4-5-17-15(19-13)12-3-2-6-21-9-12/h4-5,7,10,12H,2-3,6,8-9H2,1H3,(H,18,20). The average molecular weight is 317 g/mol. The van der Waals surface area contributed by atoms with Gasteiger partial charge in [0, 0.05) is 18.7 Å². The Hall–Kier alpha value is -1.79. The zero-order valence-corrected chi connectivity index (χ0v) is 13.4. The first kappa shape index (κ1) is 15.1. The molecule has 3 heterocycles. The minimum absolute atomic E-state index is 0.0562. The van der Waals surface area contributed by atoms with Crippen molar-refractivity contribution >= 4 is 17.2 Å². The third-order valence-corrected chi connectivity index (χ3v) is 4.69. The summed E-state index contributed by atoms with van der Waals surface area (Å²) < 4.78 is 5.49. The van der Waals surface area contributed by atoms with Crippen molar-refractivity contribution in [3.05, 3.63) is 45.7 Å². The minimum Gasteiger partial charge on any atom is -0.381 e. The highest BCUT2D eigenvalue weighted by Gasteiger charge is 2.19. The van der Waals surface area contributed by atoms with Crippen molar-refractivity contribution < 1.29 is 9.53 Å². The number of nitrogens with zero attached hydrogens (tertiary/aromatic N) is 2. The van der Waals surface area contributed by atoms with Crippen LogP contribution in [0.15, 0.2) is 23.7 Å². The number of ether oxygens (including phenoxy) is 1. The Morgan fingerprint density at radius 2 is 2.45 bits per heavy atom. The number of thiophene rings is 1. The lowest BCUT2D eigenvalue weighted by Crippen LogP contribution is -2.23. The lowest BCUT2D eigenvalue weighted by atomic mass is 10.0. The van der Waals surface area contributed by atoms with Crippen molar-refractivity contribution in [2.75, 3.05) is 13.2 Å². The van der Waals surface area contributed by atoms with Gasteiger partial charge in [-0.2, -0.15) is 0 Å². The van der Waals surface area contributed by atoms with Crippen LogP contribution in [0, 0.1) is 6.92 Å². The Balaban J connectivity index is 1.61. The summed E-state index contributed by atoms with van der Waals surface area (Å²) in [6.07, 6.45) is 3.87. The van der Waals surface area contributed by atoms with Crippen molar-refractivity contribution in [3.63, 3.8) is 0 Å². The molecule has 1 atom stereocenters. The molecule has 0 spiro atoms. The molecular formula is C16H19N3O2S. The van der Waals surface area contributed by atoms with Gasteiger partial charge in [0.2, 0.25) is 0 Å². The summed E-state index contributed by atoms with van der Waals surface area (Å²) in [4.78, 5) is 21.7. The van der Waals surface area contributed by atoms with Crippen molar-refractivity contribution in [2.45, 2.75) is 32.2 Å². The van der Waals surface area contributed by atoms with Gasteiger partial charge in [0.1, 0.15) is 5.82 Å². The molecule has 1 aliphatic heterocycles. The molecule has 2 aromatic rings. The molecule has 0 saturated carbocycles. The summed E-state index contributed by atoms with van der Waals surface area (Å²) in [5, 5.41) is 4.88. The zero-order valence-electron chi connectivity index (χ0n) is 12.5. The van der Waals surface area contributed by atoms with Crippen molar-refractivity contribution in [3.8, 4) is 0 Å². The number of hydrogen-bond donors (Lipinski definition) is 1. The van der Waals surface area contributed by atoms with E-state index in [1.807, 2.05) is 24.4 Å². The number of nitrogens with one attached hydrogen (secondary N) is 1. The van der Waals surface area contributed by atoms with Gasteiger partial charge in [-0.25, -0.2) is 9.97 Å². The number of hydrogen-bond acceptors (Lipinski definition) is 5. The Labute approximate surface area is 133 Å². The lowest BCUT2D eigenvalue weighted by Gasteiger charge is -2.20. The highest BCUT2D eigenvalue weighted by Crippen LogP contribution is 2.22. The highest BCUT2D eigenvalue weighted by atomic mass is 32.1. The van der Waals surface area contributed by atoms with Gasteiger partial charge in [-0.05, 0) is 42.8 Å². The van der Waals surface area contributed by atoms with E-state index in [1.165, 1.54) is 11.3 Å². The molecule has 6 heteroatoms. The largest absolute Gasteiger partial charge is 0.381 e. The van der Waals surface area contributed by atoms with E-state index < -0.39 is 0 Å². The average Bonchev–Trinajstić information content (AvgIpc) is 3.00. The maximum Gasteiger partial charge on any atom is 0.261 e. The van der Waals surface area contributed by atoms with Crippen LogP contribution in [0.25, 0.3) is 0 Å². The molecule has 1 aliphatic rings. The Kier molecular flexibility index (Phi) is 4.80. The van der Waals surface area contributed by atoms with Gasteiger partial charge in [0.05, 0.1) is 23.7 Å². The Morgan fingerprint density at radius 3 is 3.18 bits per heavy atom. The van der Waals surface area contributed by atoms with Gasteiger partial charge in [-0.15, -0.1) is 11.3 Å².